The topological polar surface area (TPSA) is 58.4 Å². The fourth-order valence-corrected chi connectivity index (χ4v) is 3.54. The predicted molar refractivity (Wildman–Crippen MR) is 80.1 cm³/mol. The molecular weight excluding hydrogens is 274 g/mol. The molecular formula is C14H19N3O2S. The number of aliphatic hydroxyl groups excluding tert-OH is 1. The van der Waals surface area contributed by atoms with E-state index < -0.39 is 0 Å². The van der Waals surface area contributed by atoms with Crippen molar-refractivity contribution in [1.29, 1.82) is 0 Å². The van der Waals surface area contributed by atoms with E-state index in [1.165, 1.54) is 11.3 Å². The molecule has 1 fully saturated rings. The summed E-state index contributed by atoms with van der Waals surface area (Å²) in [4.78, 5) is 18.9. The van der Waals surface area contributed by atoms with E-state index in [0.29, 0.717) is 12.5 Å². The Hall–Kier alpha value is -1.24. The van der Waals surface area contributed by atoms with Crippen LogP contribution in [-0.4, -0.2) is 45.3 Å². The van der Waals surface area contributed by atoms with E-state index in [-0.39, 0.29) is 11.7 Å². The van der Waals surface area contributed by atoms with Crippen LogP contribution in [0, 0.1) is 5.92 Å². The molecule has 0 spiro atoms. The summed E-state index contributed by atoms with van der Waals surface area (Å²) in [5.41, 5.74) is 0.836. The molecule has 1 aliphatic heterocycles. The van der Waals surface area contributed by atoms with Crippen LogP contribution >= 0.6 is 11.3 Å². The van der Waals surface area contributed by atoms with Crippen LogP contribution in [0.5, 0.6) is 0 Å². The van der Waals surface area contributed by atoms with Crippen molar-refractivity contribution in [3.63, 3.8) is 0 Å². The largest absolute Gasteiger partial charge is 0.393 e. The number of fused-ring (bicyclic) bond motifs is 1. The quantitative estimate of drug-likeness (QED) is 0.919. The normalized spacial score (nSPS) is 21.6. The van der Waals surface area contributed by atoms with Gasteiger partial charge in [-0.15, -0.1) is 11.3 Å². The van der Waals surface area contributed by atoms with Crippen LogP contribution in [0.2, 0.25) is 0 Å². The van der Waals surface area contributed by atoms with Gasteiger partial charge in [0.15, 0.2) is 0 Å². The molecule has 2 atom stereocenters. The number of hydrogen-bond donors (Lipinski definition) is 1. The Morgan fingerprint density at radius 1 is 1.55 bits per heavy atom. The number of hydrogen-bond acceptors (Lipinski definition) is 5. The first-order valence-electron chi connectivity index (χ1n) is 6.98. The number of rotatable bonds is 4. The lowest BCUT2D eigenvalue weighted by molar-refractivity contribution is 0.127. The molecule has 5 nitrogen and oxygen atoms in total. The minimum absolute atomic E-state index is 0.0521. The van der Waals surface area contributed by atoms with Gasteiger partial charge in [-0.25, -0.2) is 4.98 Å². The molecule has 0 saturated carbocycles. The fourth-order valence-electron chi connectivity index (χ4n) is 2.75. The van der Waals surface area contributed by atoms with Gasteiger partial charge in [-0.2, -0.15) is 0 Å². The van der Waals surface area contributed by atoms with Gasteiger partial charge in [-0.05, 0) is 37.3 Å². The lowest BCUT2D eigenvalue weighted by Crippen LogP contribution is -2.30. The van der Waals surface area contributed by atoms with Gasteiger partial charge < -0.3 is 10.0 Å². The maximum atomic E-state index is 12.2. The third-order valence-electron chi connectivity index (χ3n) is 4.08. The van der Waals surface area contributed by atoms with Gasteiger partial charge in [0.1, 0.15) is 4.70 Å². The van der Waals surface area contributed by atoms with Gasteiger partial charge in [0.25, 0.3) is 5.56 Å². The fraction of sp³-hybridized carbons (Fsp3) is 0.571. The number of likely N-dealkylation sites (tertiary alicyclic amines) is 1. The predicted octanol–water partition coefficient (Wildman–Crippen LogP) is 1.16. The molecule has 3 heterocycles. The van der Waals surface area contributed by atoms with Gasteiger partial charge in [0, 0.05) is 19.6 Å². The number of aromatic nitrogens is 2. The lowest BCUT2D eigenvalue weighted by atomic mass is 10.0. The van der Waals surface area contributed by atoms with Crippen LogP contribution < -0.4 is 5.56 Å². The van der Waals surface area contributed by atoms with E-state index in [9.17, 15) is 9.90 Å². The third kappa shape index (κ3) is 2.63. The zero-order chi connectivity index (χ0) is 14.1. The van der Waals surface area contributed by atoms with Crippen LogP contribution in [-0.2, 0) is 6.54 Å². The lowest BCUT2D eigenvalue weighted by Gasteiger charge is -2.17. The Morgan fingerprint density at radius 3 is 3.15 bits per heavy atom. The maximum Gasteiger partial charge on any atom is 0.271 e. The van der Waals surface area contributed by atoms with Crippen molar-refractivity contribution in [2.24, 2.45) is 5.92 Å². The van der Waals surface area contributed by atoms with E-state index in [1.807, 2.05) is 18.4 Å². The van der Waals surface area contributed by atoms with E-state index >= 15 is 0 Å². The Bertz CT molecular complexity index is 649. The highest BCUT2D eigenvalue weighted by Gasteiger charge is 2.25. The summed E-state index contributed by atoms with van der Waals surface area (Å²) >= 11 is 1.45. The van der Waals surface area contributed by atoms with Crippen LogP contribution in [0.15, 0.2) is 22.6 Å². The third-order valence-corrected chi connectivity index (χ3v) is 4.98. The molecule has 6 heteroatoms. The van der Waals surface area contributed by atoms with E-state index in [1.54, 1.807) is 10.9 Å². The maximum absolute atomic E-state index is 12.2. The molecule has 2 aromatic rings. The summed E-state index contributed by atoms with van der Waals surface area (Å²) in [7, 11) is 0. The first kappa shape index (κ1) is 13.7. The highest BCUT2D eigenvalue weighted by molar-refractivity contribution is 7.17. The molecule has 1 saturated heterocycles. The summed E-state index contributed by atoms with van der Waals surface area (Å²) < 4.78 is 2.42. The van der Waals surface area contributed by atoms with Gasteiger partial charge in [0.05, 0.1) is 17.9 Å². The molecule has 2 unspecified atom stereocenters. The molecule has 2 aromatic heterocycles. The van der Waals surface area contributed by atoms with Crippen molar-refractivity contribution in [2.75, 3.05) is 19.6 Å². The molecule has 0 amide bonds. The van der Waals surface area contributed by atoms with Crippen LogP contribution in [0.4, 0.5) is 0 Å². The molecule has 1 aliphatic rings. The summed E-state index contributed by atoms with van der Waals surface area (Å²) in [5, 5.41) is 11.5. The van der Waals surface area contributed by atoms with Crippen LogP contribution in [0.3, 0.4) is 0 Å². The monoisotopic (exact) mass is 293 g/mol. The Balaban J connectivity index is 1.66. The van der Waals surface area contributed by atoms with Gasteiger partial charge in [-0.1, -0.05) is 0 Å². The van der Waals surface area contributed by atoms with Gasteiger partial charge >= 0.3 is 0 Å². The molecule has 0 bridgehead atoms. The van der Waals surface area contributed by atoms with Crippen LogP contribution in [0.25, 0.3) is 10.2 Å². The zero-order valence-electron chi connectivity index (χ0n) is 11.5. The van der Waals surface area contributed by atoms with Crippen molar-refractivity contribution in [1.82, 2.24) is 14.5 Å². The van der Waals surface area contributed by atoms with E-state index in [4.69, 9.17) is 0 Å². The molecule has 20 heavy (non-hydrogen) atoms. The smallest absolute Gasteiger partial charge is 0.271 e. The summed E-state index contributed by atoms with van der Waals surface area (Å²) in [6, 6.07) is 1.87. The highest BCUT2D eigenvalue weighted by atomic mass is 32.1. The number of thiophene rings is 1. The molecule has 1 N–H and O–H groups in total. The molecule has 0 radical (unpaired) electrons. The summed E-state index contributed by atoms with van der Waals surface area (Å²) in [6.07, 6.45) is 2.43. The van der Waals surface area contributed by atoms with E-state index in [0.717, 1.165) is 36.3 Å². The number of nitrogens with zero attached hydrogens (tertiary/aromatic N) is 3. The minimum atomic E-state index is -0.244. The number of aliphatic hydroxyl groups is 1. The van der Waals surface area contributed by atoms with Gasteiger partial charge in [-0.3, -0.25) is 9.36 Å². The minimum Gasteiger partial charge on any atom is -0.393 e. The first-order chi connectivity index (χ1) is 9.65. The molecule has 3 rings (SSSR count). The highest BCUT2D eigenvalue weighted by Crippen LogP contribution is 2.19. The van der Waals surface area contributed by atoms with Crippen LogP contribution in [0.1, 0.15) is 13.3 Å². The Labute approximate surface area is 121 Å². The van der Waals surface area contributed by atoms with Crippen molar-refractivity contribution in [3.8, 4) is 0 Å². The average molecular weight is 293 g/mol. The first-order valence-corrected chi connectivity index (χ1v) is 7.86. The molecule has 0 aliphatic carbocycles. The SMILES string of the molecule is CC(O)C1CCN(CCn2cnc3ccsc3c2=O)C1. The van der Waals surface area contributed by atoms with Gasteiger partial charge in [0.2, 0.25) is 0 Å². The second kappa shape index (κ2) is 5.63. The second-order valence-corrected chi connectivity index (χ2v) is 6.38. The second-order valence-electron chi connectivity index (χ2n) is 5.47. The average Bonchev–Trinajstić information content (AvgIpc) is 3.07. The van der Waals surface area contributed by atoms with Crippen molar-refractivity contribution in [2.45, 2.75) is 26.0 Å². The molecule has 0 aromatic carbocycles. The van der Waals surface area contributed by atoms with Crippen molar-refractivity contribution < 1.29 is 5.11 Å². The van der Waals surface area contributed by atoms with E-state index in [2.05, 4.69) is 9.88 Å². The Morgan fingerprint density at radius 2 is 2.40 bits per heavy atom. The zero-order valence-corrected chi connectivity index (χ0v) is 12.3. The molecule has 108 valence electrons. The standard InChI is InChI=1S/C14H19N3O2S/c1-10(18)11-2-4-16(8-11)5-6-17-9-15-12-3-7-20-13(12)14(17)19/h3,7,9-11,18H,2,4-6,8H2,1H3. The Kier molecular flexibility index (Phi) is 3.87. The summed E-state index contributed by atoms with van der Waals surface area (Å²) in [6.45, 7) is 5.27. The summed E-state index contributed by atoms with van der Waals surface area (Å²) in [5.74, 6) is 0.365. The van der Waals surface area contributed by atoms with Crippen molar-refractivity contribution in [3.05, 3.63) is 28.1 Å². The van der Waals surface area contributed by atoms with Crippen molar-refractivity contribution >= 4 is 21.6 Å².